The molecule has 10 heteroatoms. The third-order valence-electron chi connectivity index (χ3n) is 4.16. The van der Waals surface area contributed by atoms with Crippen molar-refractivity contribution in [2.45, 2.75) is 26.0 Å². The average Bonchev–Trinajstić information content (AvgIpc) is 3.23. The van der Waals surface area contributed by atoms with Crippen LogP contribution in [-0.4, -0.2) is 51.6 Å². The van der Waals surface area contributed by atoms with Gasteiger partial charge in [0.1, 0.15) is 27.9 Å². The van der Waals surface area contributed by atoms with Gasteiger partial charge in [0.05, 0.1) is 6.20 Å². The molecule has 0 radical (unpaired) electrons. The summed E-state index contributed by atoms with van der Waals surface area (Å²) < 4.78 is 7.53. The molecule has 0 saturated carbocycles. The first-order valence-electron chi connectivity index (χ1n) is 8.18. The number of halogens is 2. The molecule has 2 aromatic rings. The molecule has 1 N–H and O–H groups in total. The van der Waals surface area contributed by atoms with Crippen LogP contribution in [0, 0.1) is 0 Å². The number of aromatic nitrogens is 3. The number of amides is 1. The summed E-state index contributed by atoms with van der Waals surface area (Å²) >= 11 is 1.41. The quantitative estimate of drug-likeness (QED) is 0.802. The van der Waals surface area contributed by atoms with Crippen molar-refractivity contribution < 1.29 is 9.53 Å². The molecule has 2 aromatic heterocycles. The topological polar surface area (TPSA) is 72.3 Å². The molecule has 0 aliphatic carbocycles. The monoisotopic (exact) mass is 421 g/mol. The van der Waals surface area contributed by atoms with Crippen LogP contribution in [-0.2, 0) is 11.8 Å². The van der Waals surface area contributed by atoms with Crippen LogP contribution in [0.25, 0.3) is 0 Å². The Morgan fingerprint density at radius 1 is 1.46 bits per heavy atom. The van der Waals surface area contributed by atoms with Gasteiger partial charge in [-0.1, -0.05) is 0 Å². The fourth-order valence-electron chi connectivity index (χ4n) is 2.91. The van der Waals surface area contributed by atoms with Gasteiger partial charge in [-0.05, 0) is 13.8 Å². The Labute approximate surface area is 170 Å². The first-order valence-corrected chi connectivity index (χ1v) is 8.99. The van der Waals surface area contributed by atoms with Gasteiger partial charge in [-0.2, -0.15) is 0 Å². The Hall–Kier alpha value is -1.19. The highest BCUT2D eigenvalue weighted by atomic mass is 35.5. The van der Waals surface area contributed by atoms with Crippen molar-refractivity contribution in [2.24, 2.45) is 7.05 Å². The van der Waals surface area contributed by atoms with Gasteiger partial charge in [0, 0.05) is 45.7 Å². The highest BCUT2D eigenvalue weighted by Gasteiger charge is 2.32. The minimum absolute atomic E-state index is 0. The van der Waals surface area contributed by atoms with Crippen LogP contribution >= 0.6 is 36.2 Å². The third-order valence-corrected chi connectivity index (χ3v) is 5.31. The standard InChI is InChI=1S/C16H23N5O2S.2ClH/c1-4-23-11(2)15-19-10-13(24-15)16(22)21-8-5-17-9-12(21)14-18-6-7-20(14)3;;/h6-7,10-12,17H,4-5,8-9H2,1-3H3;2*1H. The van der Waals surface area contributed by atoms with E-state index in [0.29, 0.717) is 24.6 Å². The molecule has 1 amide bonds. The van der Waals surface area contributed by atoms with Crippen molar-refractivity contribution in [3.8, 4) is 0 Å². The number of aryl methyl sites for hydroxylation is 1. The molecular weight excluding hydrogens is 397 g/mol. The van der Waals surface area contributed by atoms with E-state index >= 15 is 0 Å². The Morgan fingerprint density at radius 2 is 2.23 bits per heavy atom. The van der Waals surface area contributed by atoms with Gasteiger partial charge < -0.3 is 19.5 Å². The van der Waals surface area contributed by atoms with Crippen molar-refractivity contribution in [2.75, 3.05) is 26.2 Å². The number of nitrogens with one attached hydrogen (secondary N) is 1. The second kappa shape index (κ2) is 10.2. The van der Waals surface area contributed by atoms with Gasteiger partial charge in [0.2, 0.25) is 0 Å². The van der Waals surface area contributed by atoms with Crippen LogP contribution in [0.15, 0.2) is 18.6 Å². The number of thiazole rings is 1. The van der Waals surface area contributed by atoms with Crippen LogP contribution in [0.5, 0.6) is 0 Å². The number of piperazine rings is 1. The normalized spacial score (nSPS) is 18.0. The van der Waals surface area contributed by atoms with Crippen LogP contribution < -0.4 is 5.32 Å². The zero-order valence-electron chi connectivity index (χ0n) is 15.0. The highest BCUT2D eigenvalue weighted by molar-refractivity contribution is 7.13. The maximum atomic E-state index is 13.0. The predicted octanol–water partition coefficient (Wildman–Crippen LogP) is 2.60. The van der Waals surface area contributed by atoms with Gasteiger partial charge in [0.25, 0.3) is 5.91 Å². The van der Waals surface area contributed by atoms with E-state index in [-0.39, 0.29) is 42.9 Å². The molecule has 2 unspecified atom stereocenters. The molecule has 0 bridgehead atoms. The minimum atomic E-state index is -0.0880. The van der Waals surface area contributed by atoms with Crippen molar-refractivity contribution in [3.63, 3.8) is 0 Å². The van der Waals surface area contributed by atoms with Crippen molar-refractivity contribution in [1.29, 1.82) is 0 Å². The molecule has 26 heavy (non-hydrogen) atoms. The maximum absolute atomic E-state index is 13.0. The lowest BCUT2D eigenvalue weighted by atomic mass is 10.1. The van der Waals surface area contributed by atoms with E-state index in [0.717, 1.165) is 17.4 Å². The van der Waals surface area contributed by atoms with E-state index in [4.69, 9.17) is 4.74 Å². The Kier molecular flexibility index (Phi) is 8.99. The van der Waals surface area contributed by atoms with E-state index in [1.54, 1.807) is 12.4 Å². The Morgan fingerprint density at radius 3 is 2.88 bits per heavy atom. The number of ether oxygens (including phenoxy) is 1. The molecule has 0 aromatic carbocycles. The molecule has 3 rings (SSSR count). The first kappa shape index (κ1) is 22.9. The summed E-state index contributed by atoms with van der Waals surface area (Å²) in [6.07, 6.45) is 5.24. The van der Waals surface area contributed by atoms with Gasteiger partial charge in [-0.3, -0.25) is 4.79 Å². The molecule has 1 aliphatic heterocycles. The zero-order chi connectivity index (χ0) is 17.1. The first-order chi connectivity index (χ1) is 11.6. The molecule has 3 heterocycles. The van der Waals surface area contributed by atoms with Gasteiger partial charge in [-0.15, -0.1) is 36.2 Å². The SMILES string of the molecule is CCOC(C)c1ncc(C(=O)N2CCNCC2c2nccn2C)s1.Cl.Cl. The van der Waals surface area contributed by atoms with E-state index in [9.17, 15) is 4.79 Å². The average molecular weight is 422 g/mol. The summed E-state index contributed by atoms with van der Waals surface area (Å²) in [4.78, 5) is 24.3. The number of nitrogens with zero attached hydrogens (tertiary/aromatic N) is 4. The van der Waals surface area contributed by atoms with Crippen LogP contribution in [0.4, 0.5) is 0 Å². The van der Waals surface area contributed by atoms with Gasteiger partial charge in [-0.25, -0.2) is 9.97 Å². The van der Waals surface area contributed by atoms with E-state index < -0.39 is 0 Å². The Bertz CT molecular complexity index is 708. The molecule has 1 aliphatic rings. The van der Waals surface area contributed by atoms with Crippen molar-refractivity contribution in [1.82, 2.24) is 24.8 Å². The molecular formula is C16H25Cl2N5O2S. The smallest absolute Gasteiger partial charge is 0.266 e. The highest BCUT2D eigenvalue weighted by Crippen LogP contribution is 2.27. The van der Waals surface area contributed by atoms with E-state index in [1.165, 1.54) is 11.3 Å². The summed E-state index contributed by atoms with van der Waals surface area (Å²) in [6.45, 7) is 6.69. The largest absolute Gasteiger partial charge is 0.372 e. The van der Waals surface area contributed by atoms with Gasteiger partial charge >= 0.3 is 0 Å². The second-order valence-electron chi connectivity index (χ2n) is 5.78. The predicted molar refractivity (Wildman–Crippen MR) is 107 cm³/mol. The van der Waals surface area contributed by atoms with E-state index in [1.807, 2.05) is 36.6 Å². The van der Waals surface area contributed by atoms with E-state index in [2.05, 4.69) is 15.3 Å². The lowest BCUT2D eigenvalue weighted by Gasteiger charge is -2.35. The van der Waals surface area contributed by atoms with Crippen LogP contribution in [0.1, 0.15) is 46.5 Å². The lowest BCUT2D eigenvalue weighted by molar-refractivity contribution is 0.0625. The van der Waals surface area contributed by atoms with Crippen LogP contribution in [0.2, 0.25) is 0 Å². The second-order valence-corrected chi connectivity index (χ2v) is 6.84. The fraction of sp³-hybridized carbons (Fsp3) is 0.562. The van der Waals surface area contributed by atoms with Gasteiger partial charge in [0.15, 0.2) is 0 Å². The number of carbonyl (C=O) groups is 1. The zero-order valence-corrected chi connectivity index (χ0v) is 17.5. The van der Waals surface area contributed by atoms with Crippen molar-refractivity contribution >= 4 is 42.1 Å². The number of hydrogen-bond donors (Lipinski definition) is 1. The molecule has 0 spiro atoms. The summed E-state index contributed by atoms with van der Waals surface area (Å²) in [7, 11) is 1.95. The third kappa shape index (κ3) is 4.75. The summed E-state index contributed by atoms with van der Waals surface area (Å²) in [5.41, 5.74) is 0. The number of rotatable bonds is 5. The van der Waals surface area contributed by atoms with Crippen molar-refractivity contribution in [3.05, 3.63) is 34.3 Å². The summed E-state index contributed by atoms with van der Waals surface area (Å²) in [6, 6.07) is -0.0684. The van der Waals surface area contributed by atoms with Crippen LogP contribution in [0.3, 0.4) is 0 Å². The number of carbonyl (C=O) groups excluding carboxylic acids is 1. The summed E-state index contributed by atoms with van der Waals surface area (Å²) in [5.74, 6) is 0.903. The molecule has 1 saturated heterocycles. The molecule has 146 valence electrons. The fourth-order valence-corrected chi connectivity index (χ4v) is 3.79. The number of hydrogen-bond acceptors (Lipinski definition) is 6. The lowest BCUT2D eigenvalue weighted by Crippen LogP contribution is -2.49. The Balaban J connectivity index is 0.00000169. The molecule has 7 nitrogen and oxygen atoms in total. The summed E-state index contributed by atoms with van der Waals surface area (Å²) in [5, 5.41) is 4.18. The molecule has 2 atom stereocenters. The molecule has 1 fully saturated rings. The minimum Gasteiger partial charge on any atom is -0.372 e. The number of imidazole rings is 1. The maximum Gasteiger partial charge on any atom is 0.266 e.